The molecule has 2 aliphatic rings. The Bertz CT molecular complexity index is 1540. The molecule has 1 aromatic carbocycles. The molecule has 2 aromatic heterocycles. The van der Waals surface area contributed by atoms with Crippen molar-refractivity contribution in [2.75, 3.05) is 57.1 Å². The van der Waals surface area contributed by atoms with E-state index in [-0.39, 0.29) is 35.9 Å². The zero-order chi connectivity index (χ0) is 31.4. The average molecular weight is 616 g/mol. The molecule has 0 bridgehead atoms. The highest BCUT2D eigenvalue weighted by atomic mass is 32.1. The summed E-state index contributed by atoms with van der Waals surface area (Å²) in [4.78, 5) is 47.8. The Balaban J connectivity index is 1.41. The Labute approximate surface area is 262 Å². The van der Waals surface area contributed by atoms with E-state index in [4.69, 9.17) is 4.74 Å². The molecule has 1 aliphatic heterocycles. The Morgan fingerprint density at radius 3 is 2.52 bits per heavy atom. The third-order valence-corrected chi connectivity index (χ3v) is 8.23. The van der Waals surface area contributed by atoms with E-state index in [1.165, 1.54) is 18.4 Å². The smallest absolute Gasteiger partial charge is 0.272 e. The van der Waals surface area contributed by atoms with Gasteiger partial charge in [0.15, 0.2) is 17.3 Å². The van der Waals surface area contributed by atoms with Crippen LogP contribution in [0.4, 0.5) is 17.2 Å². The van der Waals surface area contributed by atoms with Crippen molar-refractivity contribution in [2.24, 2.45) is 5.92 Å². The zero-order valence-electron chi connectivity index (χ0n) is 25.3. The number of amides is 3. The summed E-state index contributed by atoms with van der Waals surface area (Å²) >= 11 is 1.28. The summed E-state index contributed by atoms with van der Waals surface area (Å²) in [6.45, 7) is 3.30. The summed E-state index contributed by atoms with van der Waals surface area (Å²) in [5.41, 5.74) is 1.58. The molecule has 1 aliphatic carbocycles. The highest BCUT2D eigenvalue weighted by molar-refractivity contribution is 7.17. The van der Waals surface area contributed by atoms with Crippen molar-refractivity contribution in [1.29, 1.82) is 0 Å². The van der Waals surface area contributed by atoms with Crippen LogP contribution in [0.5, 0.6) is 5.75 Å². The maximum absolute atomic E-state index is 13.2. The first-order chi connectivity index (χ1) is 21.1. The zero-order valence-corrected chi connectivity index (χ0v) is 26.2. The van der Waals surface area contributed by atoms with Gasteiger partial charge in [0.25, 0.3) is 11.8 Å². The summed E-state index contributed by atoms with van der Waals surface area (Å²) in [7, 11) is 7.14. The number of nitrogens with one attached hydrogen (secondary N) is 3. The largest absolute Gasteiger partial charge is 0.494 e. The Kier molecular flexibility index (Phi) is 9.56. The molecule has 44 heavy (non-hydrogen) atoms. The predicted molar refractivity (Wildman–Crippen MR) is 176 cm³/mol. The van der Waals surface area contributed by atoms with Crippen molar-refractivity contribution in [3.05, 3.63) is 41.0 Å². The summed E-state index contributed by atoms with van der Waals surface area (Å²) in [5, 5.41) is 26.5. The van der Waals surface area contributed by atoms with Gasteiger partial charge in [0.05, 0.1) is 36.9 Å². The SMILES string of the molecule is BC(B)(B)NC(=O)c1nnc(NC(=O)C2CC2)cc1Nc1cccc(-c2ncc(C(=O)N3CCN(CCO)CC3)s2)c1OC. The molecule has 0 radical (unpaired) electrons. The topological polar surface area (TPSA) is 162 Å². The average Bonchev–Trinajstić information content (AvgIpc) is 3.73. The molecule has 228 valence electrons. The summed E-state index contributed by atoms with van der Waals surface area (Å²) in [6.07, 6.45) is 3.26. The molecule has 5 rings (SSSR count). The normalized spacial score (nSPS) is 15.5. The maximum atomic E-state index is 13.2. The molecular weight excluding hydrogens is 581 g/mol. The van der Waals surface area contributed by atoms with Crippen LogP contribution in [0.15, 0.2) is 30.5 Å². The summed E-state index contributed by atoms with van der Waals surface area (Å²) < 4.78 is 5.82. The number of hydrogen-bond acceptors (Lipinski definition) is 11. The van der Waals surface area contributed by atoms with Gasteiger partial charge >= 0.3 is 0 Å². The first-order valence-electron chi connectivity index (χ1n) is 14.6. The molecular formula is C27H35B3N8O5S. The molecule has 0 unspecified atom stereocenters. The number of carbonyl (C=O) groups is 3. The number of aromatic nitrogens is 3. The minimum atomic E-state index is -0.514. The number of thiazole rings is 1. The van der Waals surface area contributed by atoms with Gasteiger partial charge in [0, 0.05) is 44.7 Å². The van der Waals surface area contributed by atoms with Crippen LogP contribution in [0.3, 0.4) is 0 Å². The number of aliphatic hydroxyl groups is 1. The van der Waals surface area contributed by atoms with Crippen LogP contribution in [0.1, 0.15) is 33.0 Å². The summed E-state index contributed by atoms with van der Waals surface area (Å²) in [6, 6.07) is 7.05. The fourth-order valence-corrected chi connectivity index (χ4v) is 5.73. The van der Waals surface area contributed by atoms with E-state index in [1.54, 1.807) is 23.2 Å². The lowest BCUT2D eigenvalue weighted by molar-refractivity contribution is -0.117. The van der Waals surface area contributed by atoms with Crippen LogP contribution in [0.2, 0.25) is 0 Å². The first-order valence-corrected chi connectivity index (χ1v) is 15.4. The van der Waals surface area contributed by atoms with Crippen LogP contribution in [-0.4, -0.2) is 123 Å². The van der Waals surface area contributed by atoms with E-state index in [0.29, 0.717) is 65.3 Å². The molecule has 3 amide bonds. The van der Waals surface area contributed by atoms with Crippen molar-refractivity contribution < 1.29 is 24.2 Å². The molecule has 13 nitrogen and oxygen atoms in total. The number of ether oxygens (including phenoxy) is 1. The monoisotopic (exact) mass is 616 g/mol. The fourth-order valence-electron chi connectivity index (χ4n) is 4.83. The number of piperazine rings is 1. The number of β-amino-alcohol motifs (C(OH)–C–C–N with tert-alkyl or cyclic N) is 1. The van der Waals surface area contributed by atoms with Gasteiger partial charge in [0.2, 0.25) is 5.91 Å². The molecule has 0 spiro atoms. The number of aliphatic hydroxyl groups excluding tert-OH is 1. The van der Waals surface area contributed by atoms with E-state index in [1.807, 2.05) is 35.7 Å². The Morgan fingerprint density at radius 2 is 1.86 bits per heavy atom. The van der Waals surface area contributed by atoms with Gasteiger partial charge in [-0.05, 0) is 30.2 Å². The van der Waals surface area contributed by atoms with E-state index in [2.05, 4.69) is 36.0 Å². The fraction of sp³-hybridized carbons (Fsp3) is 0.407. The predicted octanol–water partition coefficient (Wildman–Crippen LogP) is -1.31. The third-order valence-electron chi connectivity index (χ3n) is 7.21. The number of para-hydroxylation sites is 1. The van der Waals surface area contributed by atoms with Gasteiger partial charge < -0.3 is 30.7 Å². The molecule has 1 saturated carbocycles. The van der Waals surface area contributed by atoms with Crippen molar-refractivity contribution in [3.63, 3.8) is 0 Å². The van der Waals surface area contributed by atoms with E-state index >= 15 is 0 Å². The van der Waals surface area contributed by atoms with Gasteiger partial charge in [-0.2, -0.15) is 0 Å². The molecule has 3 aromatic rings. The lowest BCUT2D eigenvalue weighted by Crippen LogP contribution is -2.50. The van der Waals surface area contributed by atoms with Crippen LogP contribution >= 0.6 is 11.3 Å². The van der Waals surface area contributed by atoms with Crippen molar-refractivity contribution in [3.8, 4) is 16.3 Å². The standard InChI is InChI=1S/C27H35B3N8O5S/c1-43-22-16(25-31-14-19(44-25)26(42)38-9-7-37(8-10-38)11-12-39)3-2-4-17(22)32-18-13-20(33-23(40)15-5-6-15)35-36-21(18)24(41)34-27(28,29)30/h2-4,13-15,39H,5-12,28-30H2,1H3,(H,34,41)(H2,32,33,35,40). The minimum absolute atomic E-state index is 0.0280. The van der Waals surface area contributed by atoms with Crippen LogP contribution < -0.4 is 20.7 Å². The van der Waals surface area contributed by atoms with Crippen molar-refractivity contribution in [1.82, 2.24) is 30.3 Å². The molecule has 1 saturated heterocycles. The van der Waals surface area contributed by atoms with Crippen LogP contribution in [0, 0.1) is 5.92 Å². The van der Waals surface area contributed by atoms with E-state index in [0.717, 1.165) is 12.8 Å². The number of hydrogen-bond donors (Lipinski definition) is 4. The highest BCUT2D eigenvalue weighted by Crippen LogP contribution is 2.40. The van der Waals surface area contributed by atoms with Crippen LogP contribution in [0.25, 0.3) is 10.6 Å². The van der Waals surface area contributed by atoms with E-state index in [9.17, 15) is 19.5 Å². The second-order valence-electron chi connectivity index (χ2n) is 11.9. The Hall–Kier alpha value is -3.95. The Morgan fingerprint density at radius 1 is 1.11 bits per heavy atom. The van der Waals surface area contributed by atoms with Crippen molar-refractivity contribution in [2.45, 2.75) is 18.1 Å². The number of methoxy groups -OCH3 is 1. The lowest BCUT2D eigenvalue weighted by Gasteiger charge is -2.34. The first kappa shape index (κ1) is 31.5. The number of carbonyl (C=O) groups excluding carboxylic acids is 3. The van der Waals surface area contributed by atoms with Gasteiger partial charge in [-0.3, -0.25) is 19.3 Å². The number of anilines is 3. The molecule has 4 N–H and O–H groups in total. The van der Waals surface area contributed by atoms with Gasteiger partial charge in [-0.15, -0.1) is 21.5 Å². The van der Waals surface area contributed by atoms with E-state index < -0.39 is 11.1 Å². The molecule has 2 fully saturated rings. The number of rotatable bonds is 11. The van der Waals surface area contributed by atoms with Gasteiger partial charge in [0.1, 0.15) is 33.4 Å². The molecule has 0 atom stereocenters. The second kappa shape index (κ2) is 13.4. The third kappa shape index (κ3) is 7.57. The van der Waals surface area contributed by atoms with Crippen molar-refractivity contribution >= 4 is 69.8 Å². The van der Waals surface area contributed by atoms with Gasteiger partial charge in [-0.25, -0.2) is 4.98 Å². The summed E-state index contributed by atoms with van der Waals surface area (Å²) in [5.74, 6) is 0.0255. The second-order valence-corrected chi connectivity index (χ2v) is 12.9. The number of benzene rings is 1. The lowest BCUT2D eigenvalue weighted by atomic mass is 9.49. The number of nitrogens with zero attached hydrogens (tertiary/aromatic N) is 5. The highest BCUT2D eigenvalue weighted by Gasteiger charge is 2.31. The minimum Gasteiger partial charge on any atom is -0.494 e. The molecule has 3 heterocycles. The van der Waals surface area contributed by atoms with Crippen LogP contribution in [-0.2, 0) is 4.79 Å². The quantitative estimate of drug-likeness (QED) is 0.191. The molecule has 17 heteroatoms. The van der Waals surface area contributed by atoms with Gasteiger partial charge in [-0.1, -0.05) is 6.07 Å². The maximum Gasteiger partial charge on any atom is 0.272 e.